The highest BCUT2D eigenvalue weighted by Crippen LogP contribution is 2.14. The zero-order valence-electron chi connectivity index (χ0n) is 9.83. The van der Waals surface area contributed by atoms with Gasteiger partial charge in [-0.1, -0.05) is 20.3 Å². The van der Waals surface area contributed by atoms with E-state index >= 15 is 0 Å². The Morgan fingerprint density at radius 3 is 2.93 bits per heavy atom. The fourth-order valence-electron chi connectivity index (χ4n) is 1.90. The van der Waals surface area contributed by atoms with Gasteiger partial charge < -0.3 is 10.1 Å². The quantitative estimate of drug-likeness (QED) is 0.751. The van der Waals surface area contributed by atoms with Gasteiger partial charge in [-0.3, -0.25) is 4.21 Å². The van der Waals surface area contributed by atoms with Crippen LogP contribution >= 0.6 is 0 Å². The molecule has 0 bridgehead atoms. The molecule has 4 heteroatoms. The first kappa shape index (κ1) is 13.1. The minimum Gasteiger partial charge on any atom is -0.380 e. The average Bonchev–Trinajstić information content (AvgIpc) is 2.27. The summed E-state index contributed by atoms with van der Waals surface area (Å²) in [7, 11) is -0.725. The van der Waals surface area contributed by atoms with E-state index in [4.69, 9.17) is 4.74 Å². The number of nitrogens with one attached hydrogen (secondary N) is 1. The zero-order chi connectivity index (χ0) is 11.1. The lowest BCUT2D eigenvalue weighted by Gasteiger charge is -2.31. The van der Waals surface area contributed by atoms with Crippen LogP contribution in [0.5, 0.6) is 0 Å². The van der Waals surface area contributed by atoms with E-state index in [1.165, 1.54) is 0 Å². The summed E-state index contributed by atoms with van der Waals surface area (Å²) in [5, 5.41) is 3.62. The van der Waals surface area contributed by atoms with E-state index in [1.807, 2.05) is 0 Å². The van der Waals surface area contributed by atoms with Crippen molar-refractivity contribution in [2.24, 2.45) is 0 Å². The van der Waals surface area contributed by atoms with Crippen LogP contribution in [0.3, 0.4) is 0 Å². The van der Waals surface area contributed by atoms with Crippen molar-refractivity contribution in [3.8, 4) is 0 Å². The predicted molar refractivity (Wildman–Crippen MR) is 64.6 cm³/mol. The van der Waals surface area contributed by atoms with Crippen LogP contribution in [-0.2, 0) is 15.5 Å². The second-order valence-corrected chi connectivity index (χ2v) is 5.78. The van der Waals surface area contributed by atoms with Crippen LogP contribution in [0, 0.1) is 0 Å². The van der Waals surface area contributed by atoms with Crippen molar-refractivity contribution in [3.05, 3.63) is 0 Å². The van der Waals surface area contributed by atoms with Gasteiger partial charge in [0, 0.05) is 29.2 Å². The third-order valence-corrected chi connectivity index (χ3v) is 4.64. The van der Waals surface area contributed by atoms with Crippen LogP contribution in [0.1, 0.15) is 33.1 Å². The van der Waals surface area contributed by atoms with E-state index in [1.54, 1.807) is 0 Å². The summed E-state index contributed by atoms with van der Waals surface area (Å²) < 4.78 is 17.5. The molecule has 0 aromatic heterocycles. The molecule has 0 spiro atoms. The van der Waals surface area contributed by atoms with Gasteiger partial charge in [0.2, 0.25) is 0 Å². The van der Waals surface area contributed by atoms with E-state index < -0.39 is 10.8 Å². The molecular formula is C11H23NO2S. The molecule has 0 radical (unpaired) electrons. The molecule has 0 aromatic carbocycles. The summed E-state index contributed by atoms with van der Waals surface area (Å²) in [6.07, 6.45) is 3.17. The summed E-state index contributed by atoms with van der Waals surface area (Å²) in [5.74, 6) is 0.826. The smallest absolute Gasteiger partial charge is 0.0735 e. The maximum absolute atomic E-state index is 12.0. The van der Waals surface area contributed by atoms with Crippen LogP contribution in [0.2, 0.25) is 0 Å². The topological polar surface area (TPSA) is 38.3 Å². The van der Waals surface area contributed by atoms with Crippen LogP contribution in [0.4, 0.5) is 0 Å². The molecule has 1 N–H and O–H groups in total. The van der Waals surface area contributed by atoms with E-state index in [0.29, 0.717) is 12.6 Å². The lowest BCUT2D eigenvalue weighted by Crippen LogP contribution is -2.49. The molecule has 1 aliphatic heterocycles. The second-order valence-electron chi connectivity index (χ2n) is 4.00. The maximum atomic E-state index is 12.0. The zero-order valence-corrected chi connectivity index (χ0v) is 10.6. The lowest BCUT2D eigenvalue weighted by molar-refractivity contribution is 0.0824. The molecule has 0 aliphatic carbocycles. The average molecular weight is 233 g/mol. The standard InChI is InChI=1S/C11H23NO2S/c1-3-5-8-15(13)11-9-14-7-6-10(11)12-4-2/h10-12H,3-9H2,1-2H3. The Labute approximate surface area is 95.4 Å². The normalized spacial score (nSPS) is 28.9. The van der Waals surface area contributed by atoms with Gasteiger partial charge in [0.25, 0.3) is 0 Å². The first-order chi connectivity index (χ1) is 7.29. The molecule has 3 atom stereocenters. The van der Waals surface area contributed by atoms with E-state index in [0.717, 1.165) is 38.2 Å². The van der Waals surface area contributed by atoms with Gasteiger partial charge in [-0.2, -0.15) is 0 Å². The predicted octanol–water partition coefficient (Wildman–Crippen LogP) is 1.30. The molecule has 0 saturated carbocycles. The fourth-order valence-corrected chi connectivity index (χ4v) is 3.63. The Morgan fingerprint density at radius 1 is 1.47 bits per heavy atom. The van der Waals surface area contributed by atoms with Gasteiger partial charge in [-0.15, -0.1) is 0 Å². The minimum absolute atomic E-state index is 0.199. The molecular weight excluding hydrogens is 210 g/mol. The van der Waals surface area contributed by atoms with Crippen LogP contribution in [-0.4, -0.2) is 41.0 Å². The Balaban J connectivity index is 2.43. The molecule has 1 aliphatic rings. The number of ether oxygens (including phenoxy) is 1. The van der Waals surface area contributed by atoms with Gasteiger partial charge in [0.15, 0.2) is 0 Å². The van der Waals surface area contributed by atoms with E-state index in [9.17, 15) is 4.21 Å². The van der Waals surface area contributed by atoms with Crippen molar-refractivity contribution in [1.29, 1.82) is 0 Å². The van der Waals surface area contributed by atoms with Crippen molar-refractivity contribution in [2.45, 2.75) is 44.4 Å². The molecule has 90 valence electrons. The van der Waals surface area contributed by atoms with E-state index in [-0.39, 0.29) is 5.25 Å². The van der Waals surface area contributed by atoms with Crippen molar-refractivity contribution in [2.75, 3.05) is 25.5 Å². The number of rotatable bonds is 6. The third-order valence-electron chi connectivity index (χ3n) is 2.81. The summed E-state index contributed by atoms with van der Waals surface area (Å²) >= 11 is 0. The van der Waals surface area contributed by atoms with Gasteiger partial charge >= 0.3 is 0 Å². The molecule has 0 aromatic rings. The van der Waals surface area contributed by atoms with Gasteiger partial charge in [-0.25, -0.2) is 0 Å². The van der Waals surface area contributed by atoms with Crippen molar-refractivity contribution in [3.63, 3.8) is 0 Å². The number of hydrogen-bond donors (Lipinski definition) is 1. The summed E-state index contributed by atoms with van der Waals surface area (Å²) in [4.78, 5) is 0. The first-order valence-electron chi connectivity index (χ1n) is 5.97. The van der Waals surface area contributed by atoms with Crippen molar-refractivity contribution < 1.29 is 8.95 Å². The molecule has 1 heterocycles. The SMILES string of the molecule is CCCCS(=O)C1COCCC1NCC. The maximum Gasteiger partial charge on any atom is 0.0735 e. The number of unbranched alkanes of at least 4 members (excludes halogenated alkanes) is 1. The molecule has 15 heavy (non-hydrogen) atoms. The molecule has 1 rings (SSSR count). The molecule has 1 saturated heterocycles. The molecule has 3 unspecified atom stereocenters. The van der Waals surface area contributed by atoms with Crippen LogP contribution in [0.15, 0.2) is 0 Å². The highest BCUT2D eigenvalue weighted by atomic mass is 32.2. The highest BCUT2D eigenvalue weighted by molar-refractivity contribution is 7.85. The number of hydrogen-bond acceptors (Lipinski definition) is 3. The fraction of sp³-hybridized carbons (Fsp3) is 1.00. The Hall–Kier alpha value is 0.0700. The third kappa shape index (κ3) is 4.21. The summed E-state index contributed by atoms with van der Waals surface area (Å²) in [6, 6.07) is 0.390. The van der Waals surface area contributed by atoms with Crippen molar-refractivity contribution >= 4 is 10.8 Å². The monoisotopic (exact) mass is 233 g/mol. The van der Waals surface area contributed by atoms with Crippen molar-refractivity contribution in [1.82, 2.24) is 5.32 Å². The van der Waals surface area contributed by atoms with Gasteiger partial charge in [-0.05, 0) is 19.4 Å². The Kier molecular flexibility index (Phi) is 6.45. The van der Waals surface area contributed by atoms with Gasteiger partial charge in [0.05, 0.1) is 11.9 Å². The van der Waals surface area contributed by atoms with Crippen LogP contribution in [0.25, 0.3) is 0 Å². The Bertz CT molecular complexity index is 197. The van der Waals surface area contributed by atoms with Gasteiger partial charge in [0.1, 0.15) is 0 Å². The molecule has 3 nitrogen and oxygen atoms in total. The summed E-state index contributed by atoms with van der Waals surface area (Å²) in [6.45, 7) is 6.65. The summed E-state index contributed by atoms with van der Waals surface area (Å²) in [5.41, 5.74) is 0. The Morgan fingerprint density at radius 2 is 2.27 bits per heavy atom. The highest BCUT2D eigenvalue weighted by Gasteiger charge is 2.29. The van der Waals surface area contributed by atoms with Crippen LogP contribution < -0.4 is 5.32 Å². The largest absolute Gasteiger partial charge is 0.380 e. The molecule has 0 amide bonds. The lowest BCUT2D eigenvalue weighted by atomic mass is 10.1. The first-order valence-corrected chi connectivity index (χ1v) is 7.36. The molecule has 1 fully saturated rings. The second kappa shape index (κ2) is 7.36. The van der Waals surface area contributed by atoms with E-state index in [2.05, 4.69) is 19.2 Å². The minimum atomic E-state index is -0.725.